The van der Waals surface area contributed by atoms with Gasteiger partial charge in [-0.15, -0.1) is 0 Å². The van der Waals surface area contributed by atoms with Crippen LogP contribution in [0.1, 0.15) is 29.9 Å². The van der Waals surface area contributed by atoms with Crippen molar-refractivity contribution in [3.8, 4) is 5.69 Å². The number of halogens is 4. The number of benzene rings is 2. The molecule has 4 aromatic rings. The monoisotopic (exact) mass is 458 g/mol. The fraction of sp³-hybridized carbons (Fsp3) is 0.182. The number of rotatable bonds is 4. The lowest BCUT2D eigenvalue weighted by Gasteiger charge is -2.22. The van der Waals surface area contributed by atoms with Gasteiger partial charge in [0.15, 0.2) is 0 Å². The zero-order chi connectivity index (χ0) is 23.9. The summed E-state index contributed by atoms with van der Waals surface area (Å²) in [6.45, 7) is 3.25. The van der Waals surface area contributed by atoms with Gasteiger partial charge >= 0.3 is 6.18 Å². The molecular weight excluding hydrogens is 440 g/mol. The molecule has 0 unspecified atom stereocenters. The Morgan fingerprint density at radius 2 is 1.85 bits per heavy atom. The predicted octanol–water partition coefficient (Wildman–Crippen LogP) is 4.40. The first kappa shape index (κ1) is 22.2. The molecule has 0 bridgehead atoms. The number of aromatic nitrogens is 4. The number of nitrogens with two attached hydrogens (primary N) is 1. The maximum Gasteiger partial charge on any atom is 0.421 e. The highest BCUT2D eigenvalue weighted by molar-refractivity contribution is 5.81. The standard InChI is InChI=1S/C22H18F4N6O/c1-11-5-3-8-16-17(11)20(33)32(14-7-4-6-13(23)9-14)19(30-16)12(2)29-18-15(22(24,25)26)10-28-21(27)31-18/h3-10,12H,1-2H3,(H3,27,28,29,31)/t12-/m0/s1. The minimum Gasteiger partial charge on any atom is -0.368 e. The van der Waals surface area contributed by atoms with Crippen molar-refractivity contribution in [3.63, 3.8) is 0 Å². The van der Waals surface area contributed by atoms with Crippen molar-refractivity contribution in [2.45, 2.75) is 26.1 Å². The smallest absolute Gasteiger partial charge is 0.368 e. The van der Waals surface area contributed by atoms with E-state index in [4.69, 9.17) is 5.73 Å². The van der Waals surface area contributed by atoms with Gasteiger partial charge in [0, 0.05) is 6.20 Å². The van der Waals surface area contributed by atoms with Crippen molar-refractivity contribution in [3.05, 3.63) is 81.8 Å². The Balaban J connectivity index is 1.94. The maximum atomic E-state index is 14.0. The van der Waals surface area contributed by atoms with Crippen molar-refractivity contribution in [1.29, 1.82) is 0 Å². The van der Waals surface area contributed by atoms with Gasteiger partial charge in [-0.3, -0.25) is 9.36 Å². The van der Waals surface area contributed by atoms with Crippen LogP contribution >= 0.6 is 0 Å². The summed E-state index contributed by atoms with van der Waals surface area (Å²) in [5.74, 6) is -1.44. The van der Waals surface area contributed by atoms with E-state index in [1.807, 2.05) is 0 Å². The first-order valence-corrected chi connectivity index (χ1v) is 9.80. The fourth-order valence-corrected chi connectivity index (χ4v) is 3.55. The van der Waals surface area contributed by atoms with Crippen LogP contribution in [0.15, 0.2) is 53.5 Å². The van der Waals surface area contributed by atoms with Crippen LogP contribution in [0.2, 0.25) is 0 Å². The molecule has 0 amide bonds. The molecular formula is C22H18F4N6O. The van der Waals surface area contributed by atoms with Crippen LogP contribution in [0.4, 0.5) is 29.3 Å². The summed E-state index contributed by atoms with van der Waals surface area (Å²) in [7, 11) is 0. The number of alkyl halides is 3. The van der Waals surface area contributed by atoms with E-state index >= 15 is 0 Å². The van der Waals surface area contributed by atoms with Crippen molar-refractivity contribution in [1.82, 2.24) is 19.5 Å². The highest BCUT2D eigenvalue weighted by Gasteiger charge is 2.36. The largest absolute Gasteiger partial charge is 0.421 e. The van der Waals surface area contributed by atoms with Gasteiger partial charge in [-0.2, -0.15) is 18.2 Å². The second kappa shape index (κ2) is 8.15. The second-order valence-corrected chi connectivity index (χ2v) is 7.41. The van der Waals surface area contributed by atoms with Gasteiger partial charge in [-0.05, 0) is 43.7 Å². The minimum atomic E-state index is -4.74. The molecule has 0 aliphatic rings. The molecule has 11 heteroatoms. The Bertz CT molecular complexity index is 1420. The van der Waals surface area contributed by atoms with E-state index < -0.39 is 35.0 Å². The lowest BCUT2D eigenvalue weighted by atomic mass is 10.1. The Labute approximate surface area is 184 Å². The molecule has 2 aromatic heterocycles. The molecule has 0 aliphatic carbocycles. The lowest BCUT2D eigenvalue weighted by Crippen LogP contribution is -2.28. The van der Waals surface area contributed by atoms with E-state index in [1.54, 1.807) is 25.1 Å². The maximum absolute atomic E-state index is 14.0. The third-order valence-electron chi connectivity index (χ3n) is 5.05. The Hall–Kier alpha value is -4.02. The Kier molecular flexibility index (Phi) is 5.48. The third-order valence-corrected chi connectivity index (χ3v) is 5.05. The molecule has 0 saturated heterocycles. The Morgan fingerprint density at radius 3 is 2.55 bits per heavy atom. The fourth-order valence-electron chi connectivity index (χ4n) is 3.55. The summed E-state index contributed by atoms with van der Waals surface area (Å²) >= 11 is 0. The number of nitrogens with zero attached hydrogens (tertiary/aromatic N) is 4. The van der Waals surface area contributed by atoms with Gasteiger partial charge < -0.3 is 11.1 Å². The van der Waals surface area contributed by atoms with Crippen molar-refractivity contribution < 1.29 is 17.6 Å². The van der Waals surface area contributed by atoms with Gasteiger partial charge in [0.2, 0.25) is 5.95 Å². The molecule has 0 radical (unpaired) electrons. The molecule has 33 heavy (non-hydrogen) atoms. The van der Waals surface area contributed by atoms with Crippen LogP contribution in [-0.2, 0) is 6.18 Å². The van der Waals surface area contributed by atoms with Crippen LogP contribution in [0, 0.1) is 12.7 Å². The van der Waals surface area contributed by atoms with E-state index in [0.29, 0.717) is 22.7 Å². The zero-order valence-electron chi connectivity index (χ0n) is 17.5. The van der Waals surface area contributed by atoms with Gasteiger partial charge in [-0.25, -0.2) is 14.4 Å². The average Bonchev–Trinajstić information content (AvgIpc) is 2.72. The summed E-state index contributed by atoms with van der Waals surface area (Å²) in [6.07, 6.45) is -4.17. The highest BCUT2D eigenvalue weighted by Crippen LogP contribution is 2.35. The van der Waals surface area contributed by atoms with Gasteiger partial charge in [0.25, 0.3) is 5.56 Å². The quantitative estimate of drug-likeness (QED) is 0.440. The third kappa shape index (κ3) is 4.21. The molecule has 1 atom stereocenters. The molecule has 2 aromatic carbocycles. The van der Waals surface area contributed by atoms with E-state index in [1.165, 1.54) is 29.7 Å². The van der Waals surface area contributed by atoms with Crippen LogP contribution in [0.25, 0.3) is 16.6 Å². The predicted molar refractivity (Wildman–Crippen MR) is 116 cm³/mol. The zero-order valence-corrected chi connectivity index (χ0v) is 17.5. The SMILES string of the molecule is Cc1cccc2nc([C@H](C)Nc3nc(N)ncc3C(F)(F)F)n(-c3cccc(F)c3)c(=O)c12. The number of nitrogens with one attached hydrogen (secondary N) is 1. The Morgan fingerprint density at radius 1 is 1.12 bits per heavy atom. The van der Waals surface area contributed by atoms with Gasteiger partial charge in [0.1, 0.15) is 23.0 Å². The molecule has 3 N–H and O–H groups in total. The number of anilines is 2. The summed E-state index contributed by atoms with van der Waals surface area (Å²) in [6, 6.07) is 9.42. The van der Waals surface area contributed by atoms with Crippen LogP contribution in [-0.4, -0.2) is 19.5 Å². The number of hydrogen-bond acceptors (Lipinski definition) is 6. The number of nitrogen functional groups attached to an aromatic ring is 1. The number of aryl methyl sites for hydroxylation is 1. The molecule has 0 fully saturated rings. The van der Waals surface area contributed by atoms with Gasteiger partial charge in [0.05, 0.1) is 22.6 Å². The molecule has 0 aliphatic heterocycles. The van der Waals surface area contributed by atoms with Crippen LogP contribution in [0.5, 0.6) is 0 Å². The highest BCUT2D eigenvalue weighted by atomic mass is 19.4. The molecule has 7 nitrogen and oxygen atoms in total. The number of hydrogen-bond donors (Lipinski definition) is 2. The lowest BCUT2D eigenvalue weighted by molar-refractivity contribution is -0.137. The topological polar surface area (TPSA) is 98.7 Å². The first-order valence-electron chi connectivity index (χ1n) is 9.80. The number of fused-ring (bicyclic) bond motifs is 1. The molecule has 170 valence electrons. The summed E-state index contributed by atoms with van der Waals surface area (Å²) in [4.78, 5) is 25.1. The molecule has 2 heterocycles. The molecule has 4 rings (SSSR count). The van der Waals surface area contributed by atoms with Crippen LogP contribution in [0.3, 0.4) is 0 Å². The summed E-state index contributed by atoms with van der Waals surface area (Å²) in [5.41, 5.74) is 5.08. The second-order valence-electron chi connectivity index (χ2n) is 7.41. The summed E-state index contributed by atoms with van der Waals surface area (Å²) < 4.78 is 55.5. The normalized spacial score (nSPS) is 12.7. The van der Waals surface area contributed by atoms with Crippen LogP contribution < -0.4 is 16.6 Å². The van der Waals surface area contributed by atoms with Gasteiger partial charge in [-0.1, -0.05) is 18.2 Å². The molecule has 0 saturated carbocycles. The average molecular weight is 458 g/mol. The first-order chi connectivity index (χ1) is 15.6. The van der Waals surface area contributed by atoms with Crippen molar-refractivity contribution >= 4 is 22.7 Å². The van der Waals surface area contributed by atoms with Crippen molar-refractivity contribution in [2.75, 3.05) is 11.1 Å². The summed E-state index contributed by atoms with van der Waals surface area (Å²) in [5, 5.41) is 2.96. The van der Waals surface area contributed by atoms with E-state index in [0.717, 1.165) is 6.07 Å². The molecule has 0 spiro atoms. The minimum absolute atomic E-state index is 0.0639. The van der Waals surface area contributed by atoms with E-state index in [9.17, 15) is 22.4 Å². The van der Waals surface area contributed by atoms with Crippen molar-refractivity contribution in [2.24, 2.45) is 0 Å². The van der Waals surface area contributed by atoms with E-state index in [2.05, 4.69) is 20.3 Å². The van der Waals surface area contributed by atoms with E-state index in [-0.39, 0.29) is 17.5 Å².